The smallest absolute Gasteiger partial charge is 0.416 e. The number of nitrogens with zero attached hydrogens (tertiary/aromatic N) is 3. The molecule has 9 heteroatoms. The number of fused-ring (bicyclic) bond motifs is 1. The summed E-state index contributed by atoms with van der Waals surface area (Å²) in [6.07, 6.45) is -2.79. The molecule has 0 bridgehead atoms. The number of hydrogen-bond acceptors (Lipinski definition) is 4. The Kier molecular flexibility index (Phi) is 5.66. The zero-order valence-corrected chi connectivity index (χ0v) is 16.3. The number of alkyl halides is 2. The maximum absolute atomic E-state index is 13.9. The van der Waals surface area contributed by atoms with Crippen molar-refractivity contribution in [1.82, 2.24) is 9.78 Å². The van der Waals surface area contributed by atoms with Crippen LogP contribution >= 0.6 is 0 Å². The average molecular weight is 427 g/mol. The van der Waals surface area contributed by atoms with Crippen molar-refractivity contribution in [1.29, 1.82) is 0 Å². The summed E-state index contributed by atoms with van der Waals surface area (Å²) in [4.78, 5) is 26.0. The lowest BCUT2D eigenvalue weighted by Gasteiger charge is -2.39. The van der Waals surface area contributed by atoms with Crippen LogP contribution in [0.25, 0.3) is 0 Å². The second-order valence-electron chi connectivity index (χ2n) is 7.11. The molecule has 31 heavy (non-hydrogen) atoms. The molecule has 2 heterocycles. The Balaban J connectivity index is 1.77. The summed E-state index contributed by atoms with van der Waals surface area (Å²) in [6, 6.07) is 15.4. The molecule has 4 rings (SSSR count). The fourth-order valence-electron chi connectivity index (χ4n) is 3.74. The number of carbonyl (C=O) groups is 2. The summed E-state index contributed by atoms with van der Waals surface area (Å²) in [5, 5.41) is 13.5. The molecule has 2 unspecified atom stereocenters. The van der Waals surface area contributed by atoms with Crippen LogP contribution in [0.4, 0.5) is 19.4 Å². The van der Waals surface area contributed by atoms with Gasteiger partial charge in [0.25, 0.3) is 6.43 Å². The molecular formula is C22H19F2N3O4. The first-order chi connectivity index (χ1) is 15.0. The number of rotatable bonds is 5. The fourth-order valence-corrected chi connectivity index (χ4v) is 3.74. The molecule has 7 nitrogen and oxygen atoms in total. The molecule has 0 saturated carbocycles. The van der Waals surface area contributed by atoms with E-state index < -0.39 is 30.6 Å². The first-order valence-corrected chi connectivity index (χ1v) is 9.61. The standard InChI is InChI=1S/C22H19F2N3O4/c23-19(24)18-11-17(15-9-5-2-6-10-15)26(20-16(21(28)29)12-25-27(18)20)22(30)31-13-14-7-3-1-4-8-14/h1-10,12,17-19H,11,13H2,(H,28,29). The minimum atomic E-state index is -2.80. The van der Waals surface area contributed by atoms with Crippen LogP contribution in [-0.2, 0) is 11.3 Å². The highest BCUT2D eigenvalue weighted by Crippen LogP contribution is 2.44. The quantitative estimate of drug-likeness (QED) is 0.639. The maximum atomic E-state index is 13.9. The van der Waals surface area contributed by atoms with E-state index in [2.05, 4.69) is 5.10 Å². The van der Waals surface area contributed by atoms with E-state index in [9.17, 15) is 23.5 Å². The summed E-state index contributed by atoms with van der Waals surface area (Å²) in [7, 11) is 0. The van der Waals surface area contributed by atoms with Crippen LogP contribution in [0.1, 0.15) is 40.0 Å². The Morgan fingerprint density at radius 1 is 1.10 bits per heavy atom. The van der Waals surface area contributed by atoms with Gasteiger partial charge in [0.05, 0.1) is 12.2 Å². The van der Waals surface area contributed by atoms with Gasteiger partial charge in [-0.25, -0.2) is 23.1 Å². The molecule has 1 aliphatic heterocycles. The van der Waals surface area contributed by atoms with E-state index in [1.165, 1.54) is 0 Å². The Hall–Kier alpha value is -3.75. The molecule has 0 aliphatic carbocycles. The molecule has 1 aliphatic rings. The first-order valence-electron chi connectivity index (χ1n) is 9.61. The van der Waals surface area contributed by atoms with Gasteiger partial charge in [0.2, 0.25) is 0 Å². The third kappa shape index (κ3) is 3.98. The molecule has 2 aromatic carbocycles. The minimum Gasteiger partial charge on any atom is -0.477 e. The Morgan fingerprint density at radius 3 is 2.35 bits per heavy atom. The van der Waals surface area contributed by atoms with Crippen LogP contribution < -0.4 is 4.90 Å². The summed E-state index contributed by atoms with van der Waals surface area (Å²) < 4.78 is 34.1. The zero-order chi connectivity index (χ0) is 22.0. The highest BCUT2D eigenvalue weighted by Gasteiger charge is 2.44. The van der Waals surface area contributed by atoms with Gasteiger partial charge in [0.1, 0.15) is 18.2 Å². The molecular weight excluding hydrogens is 408 g/mol. The fraction of sp³-hybridized carbons (Fsp3) is 0.227. The normalized spacial score (nSPS) is 18.0. The second-order valence-corrected chi connectivity index (χ2v) is 7.11. The summed E-state index contributed by atoms with van der Waals surface area (Å²) >= 11 is 0. The highest BCUT2D eigenvalue weighted by molar-refractivity contribution is 5.99. The highest BCUT2D eigenvalue weighted by atomic mass is 19.3. The van der Waals surface area contributed by atoms with Gasteiger partial charge in [-0.3, -0.25) is 4.90 Å². The summed E-state index contributed by atoms with van der Waals surface area (Å²) in [5.41, 5.74) is 0.984. The number of aromatic nitrogens is 2. The van der Waals surface area contributed by atoms with Gasteiger partial charge in [-0.2, -0.15) is 5.10 Å². The van der Waals surface area contributed by atoms with Crippen molar-refractivity contribution in [3.05, 3.63) is 83.6 Å². The Bertz CT molecular complexity index is 1070. The van der Waals surface area contributed by atoms with Crippen molar-refractivity contribution in [2.45, 2.75) is 31.5 Å². The predicted molar refractivity (Wildman–Crippen MR) is 107 cm³/mol. The van der Waals surface area contributed by atoms with Crippen LogP contribution in [0.2, 0.25) is 0 Å². The summed E-state index contributed by atoms with van der Waals surface area (Å²) in [5.74, 6) is -1.58. The van der Waals surface area contributed by atoms with E-state index in [1.807, 2.05) is 6.07 Å². The van der Waals surface area contributed by atoms with Crippen LogP contribution in [0.15, 0.2) is 66.9 Å². The number of ether oxygens (including phenoxy) is 1. The van der Waals surface area contributed by atoms with E-state index in [0.717, 1.165) is 21.3 Å². The van der Waals surface area contributed by atoms with Crippen molar-refractivity contribution >= 4 is 17.9 Å². The van der Waals surface area contributed by atoms with E-state index in [0.29, 0.717) is 5.56 Å². The van der Waals surface area contributed by atoms with Crippen LogP contribution in [0.3, 0.4) is 0 Å². The minimum absolute atomic E-state index is 0.0491. The topological polar surface area (TPSA) is 84.7 Å². The molecule has 3 aromatic rings. The van der Waals surface area contributed by atoms with Gasteiger partial charge in [-0.05, 0) is 11.1 Å². The van der Waals surface area contributed by atoms with Gasteiger partial charge >= 0.3 is 12.1 Å². The molecule has 1 N–H and O–H groups in total. The average Bonchev–Trinajstić information content (AvgIpc) is 3.22. The molecule has 0 radical (unpaired) electrons. The van der Waals surface area contributed by atoms with Crippen LogP contribution in [-0.4, -0.2) is 33.4 Å². The van der Waals surface area contributed by atoms with Crippen molar-refractivity contribution in [3.8, 4) is 0 Å². The number of carboxylic acids is 1. The molecule has 0 fully saturated rings. The van der Waals surface area contributed by atoms with Crippen molar-refractivity contribution in [3.63, 3.8) is 0 Å². The molecule has 2 atom stereocenters. The monoisotopic (exact) mass is 427 g/mol. The van der Waals surface area contributed by atoms with E-state index in [1.54, 1.807) is 54.6 Å². The van der Waals surface area contributed by atoms with Crippen molar-refractivity contribution in [2.75, 3.05) is 4.90 Å². The number of carboxylic acid groups (broad SMARTS) is 1. The third-order valence-electron chi connectivity index (χ3n) is 5.20. The summed E-state index contributed by atoms with van der Waals surface area (Å²) in [6.45, 7) is -0.0491. The number of benzene rings is 2. The second kappa shape index (κ2) is 8.55. The van der Waals surface area contributed by atoms with Gasteiger partial charge < -0.3 is 9.84 Å². The zero-order valence-electron chi connectivity index (χ0n) is 16.3. The number of anilines is 1. The molecule has 1 aromatic heterocycles. The lowest BCUT2D eigenvalue weighted by Crippen LogP contribution is -2.44. The molecule has 1 amide bonds. The van der Waals surface area contributed by atoms with Crippen molar-refractivity contribution < 1.29 is 28.2 Å². The van der Waals surface area contributed by atoms with Gasteiger partial charge in [-0.15, -0.1) is 0 Å². The lowest BCUT2D eigenvalue weighted by atomic mass is 9.95. The number of carbonyl (C=O) groups excluding carboxylic acids is 1. The maximum Gasteiger partial charge on any atom is 0.416 e. The van der Waals surface area contributed by atoms with E-state index in [4.69, 9.17) is 4.74 Å². The van der Waals surface area contributed by atoms with E-state index in [-0.39, 0.29) is 24.4 Å². The molecule has 0 saturated heterocycles. The van der Waals surface area contributed by atoms with Crippen LogP contribution in [0.5, 0.6) is 0 Å². The Labute approximate surface area is 176 Å². The number of halogens is 2. The van der Waals surface area contributed by atoms with Gasteiger partial charge in [0, 0.05) is 6.42 Å². The number of amides is 1. The van der Waals surface area contributed by atoms with E-state index >= 15 is 0 Å². The Morgan fingerprint density at radius 2 is 1.74 bits per heavy atom. The van der Waals surface area contributed by atoms with Crippen LogP contribution in [0, 0.1) is 0 Å². The number of hydrogen-bond donors (Lipinski definition) is 1. The molecule has 160 valence electrons. The van der Waals surface area contributed by atoms with Gasteiger partial charge in [0.15, 0.2) is 5.82 Å². The van der Waals surface area contributed by atoms with Gasteiger partial charge in [-0.1, -0.05) is 60.7 Å². The predicted octanol–water partition coefficient (Wildman–Crippen LogP) is 4.68. The third-order valence-corrected chi connectivity index (χ3v) is 5.20. The SMILES string of the molecule is O=C(O)c1cnn2c1N(C(=O)OCc1ccccc1)C(c1ccccc1)CC2C(F)F. The first kappa shape index (κ1) is 20.5. The van der Waals surface area contributed by atoms with Crippen molar-refractivity contribution in [2.24, 2.45) is 0 Å². The molecule has 0 spiro atoms. The number of aromatic carboxylic acids is 1. The largest absolute Gasteiger partial charge is 0.477 e. The lowest BCUT2D eigenvalue weighted by molar-refractivity contribution is 0.0592.